The zero-order chi connectivity index (χ0) is 18.8. The number of amides is 2. The molecule has 2 aromatic rings. The number of hydrogen-bond acceptors (Lipinski definition) is 5. The number of hydroxylamine groups is 1. The second-order valence-corrected chi connectivity index (χ2v) is 7.09. The molecule has 2 aliphatic carbocycles. The second kappa shape index (κ2) is 7.36. The Morgan fingerprint density at radius 1 is 1.00 bits per heavy atom. The molecule has 3 N–H and O–H groups in total. The average molecular weight is 367 g/mol. The first-order valence-electron chi connectivity index (χ1n) is 9.13. The number of aryl methyl sites for hydroxylation is 1. The Morgan fingerprint density at radius 3 is 2.59 bits per heavy atom. The van der Waals surface area contributed by atoms with E-state index < -0.39 is 0 Å². The van der Waals surface area contributed by atoms with Gasteiger partial charge in [0.2, 0.25) is 11.8 Å². The summed E-state index contributed by atoms with van der Waals surface area (Å²) in [6.45, 7) is 0. The Morgan fingerprint density at radius 2 is 1.81 bits per heavy atom. The third kappa shape index (κ3) is 4.09. The minimum atomic E-state index is -0.350. The summed E-state index contributed by atoms with van der Waals surface area (Å²) in [5, 5.41) is 11.7. The van der Waals surface area contributed by atoms with E-state index in [0.29, 0.717) is 30.2 Å². The van der Waals surface area contributed by atoms with Crippen LogP contribution in [0.25, 0.3) is 0 Å². The van der Waals surface area contributed by atoms with E-state index in [9.17, 15) is 9.59 Å². The highest BCUT2D eigenvalue weighted by Crippen LogP contribution is 2.32. The predicted molar refractivity (Wildman–Crippen MR) is 97.6 cm³/mol. The van der Waals surface area contributed by atoms with E-state index in [2.05, 4.69) is 10.3 Å². The zero-order valence-electron chi connectivity index (χ0n) is 14.8. The summed E-state index contributed by atoms with van der Waals surface area (Å²) in [7, 11) is 0. The molecule has 2 aliphatic rings. The Labute approximate surface area is 156 Å². The van der Waals surface area contributed by atoms with E-state index in [-0.39, 0.29) is 23.7 Å². The maximum Gasteiger partial charge on any atom is 0.246 e. The number of hydrogen-bond donors (Lipinski definition) is 3. The topological polar surface area (TPSA) is 101 Å². The van der Waals surface area contributed by atoms with E-state index in [0.717, 1.165) is 24.8 Å². The van der Waals surface area contributed by atoms with Crippen molar-refractivity contribution in [3.8, 4) is 11.5 Å². The highest BCUT2D eigenvalue weighted by molar-refractivity contribution is 5.93. The third-order valence-corrected chi connectivity index (χ3v) is 5.05. The van der Waals surface area contributed by atoms with Crippen molar-refractivity contribution in [1.29, 1.82) is 0 Å². The molecule has 0 saturated heterocycles. The smallest absolute Gasteiger partial charge is 0.246 e. The fourth-order valence-electron chi connectivity index (χ4n) is 3.36. The van der Waals surface area contributed by atoms with Crippen molar-refractivity contribution in [2.24, 2.45) is 11.8 Å². The molecular weight excluding hydrogens is 346 g/mol. The lowest BCUT2D eigenvalue weighted by Crippen LogP contribution is -2.31. The third-order valence-electron chi connectivity index (χ3n) is 5.05. The van der Waals surface area contributed by atoms with Gasteiger partial charge in [-0.15, -0.1) is 0 Å². The van der Waals surface area contributed by atoms with E-state index in [1.807, 2.05) is 18.2 Å². The molecular formula is C20H21N3O4. The Hall–Kier alpha value is -2.93. The summed E-state index contributed by atoms with van der Waals surface area (Å²) in [6, 6.07) is 9.26. The summed E-state index contributed by atoms with van der Waals surface area (Å²) < 4.78 is 5.92. The molecule has 7 heteroatoms. The molecule has 0 spiro atoms. The van der Waals surface area contributed by atoms with Gasteiger partial charge in [-0.1, -0.05) is 6.07 Å². The number of aromatic nitrogens is 1. The number of ether oxygens (including phenoxy) is 1. The molecule has 7 nitrogen and oxygen atoms in total. The lowest BCUT2D eigenvalue weighted by Gasteiger charge is -2.23. The number of carbonyl (C=O) groups is 2. The summed E-state index contributed by atoms with van der Waals surface area (Å²) >= 11 is 0. The van der Waals surface area contributed by atoms with E-state index in [1.54, 1.807) is 23.8 Å². The molecule has 1 heterocycles. The molecule has 1 atom stereocenters. The minimum absolute atomic E-state index is 0.00151. The highest BCUT2D eigenvalue weighted by Gasteiger charge is 2.30. The summed E-state index contributed by atoms with van der Waals surface area (Å²) in [5.41, 5.74) is 3.98. The molecule has 0 aliphatic heterocycles. The Bertz CT molecular complexity index is 879. The number of nitrogens with one attached hydrogen (secondary N) is 2. The minimum Gasteiger partial charge on any atom is -0.457 e. The van der Waals surface area contributed by atoms with Crippen LogP contribution in [0.3, 0.4) is 0 Å². The zero-order valence-corrected chi connectivity index (χ0v) is 14.8. The van der Waals surface area contributed by atoms with Crippen molar-refractivity contribution in [1.82, 2.24) is 10.5 Å². The van der Waals surface area contributed by atoms with E-state index >= 15 is 0 Å². The fourth-order valence-corrected chi connectivity index (χ4v) is 3.36. The van der Waals surface area contributed by atoms with Gasteiger partial charge >= 0.3 is 0 Å². The summed E-state index contributed by atoms with van der Waals surface area (Å²) in [4.78, 5) is 27.7. The number of rotatable bonds is 5. The number of pyridine rings is 1. The van der Waals surface area contributed by atoms with Crippen LogP contribution in [0.2, 0.25) is 0 Å². The van der Waals surface area contributed by atoms with Crippen LogP contribution in [0.15, 0.2) is 36.5 Å². The van der Waals surface area contributed by atoms with Crippen LogP contribution >= 0.6 is 0 Å². The first kappa shape index (κ1) is 17.5. The lowest BCUT2D eigenvalue weighted by atomic mass is 9.83. The molecule has 4 rings (SSSR count). The number of nitrogens with zero attached hydrogens (tertiary/aromatic N) is 1. The van der Waals surface area contributed by atoms with E-state index in [1.165, 1.54) is 5.56 Å². The van der Waals surface area contributed by atoms with Gasteiger partial charge in [0, 0.05) is 24.1 Å². The normalized spacial score (nSPS) is 18.3. The molecule has 27 heavy (non-hydrogen) atoms. The van der Waals surface area contributed by atoms with Crippen LogP contribution in [0.5, 0.6) is 11.5 Å². The van der Waals surface area contributed by atoms with Gasteiger partial charge in [0.1, 0.15) is 17.3 Å². The van der Waals surface area contributed by atoms with Gasteiger partial charge in [0.05, 0.1) is 0 Å². The largest absolute Gasteiger partial charge is 0.457 e. The maximum atomic E-state index is 11.9. The van der Waals surface area contributed by atoms with Gasteiger partial charge in [-0.2, -0.15) is 0 Å². The number of anilines is 1. The maximum absolute atomic E-state index is 11.9. The van der Waals surface area contributed by atoms with Crippen molar-refractivity contribution in [3.63, 3.8) is 0 Å². The van der Waals surface area contributed by atoms with Gasteiger partial charge in [-0.25, -0.2) is 10.5 Å². The van der Waals surface area contributed by atoms with Gasteiger partial charge in [0.15, 0.2) is 0 Å². The molecule has 1 aromatic heterocycles. The monoisotopic (exact) mass is 367 g/mol. The van der Waals surface area contributed by atoms with Crippen molar-refractivity contribution in [2.45, 2.75) is 32.1 Å². The quantitative estimate of drug-likeness (QED) is 0.557. The van der Waals surface area contributed by atoms with Gasteiger partial charge in [-0.05, 0) is 61.4 Å². The molecule has 0 radical (unpaired) electrons. The Balaban J connectivity index is 1.47. The first-order valence-corrected chi connectivity index (χ1v) is 9.13. The van der Waals surface area contributed by atoms with Crippen LogP contribution in [-0.4, -0.2) is 22.0 Å². The standard InChI is InChI=1S/C20H21N3O4/c24-19(13-2-3-13)22-18-11-17(7-8-21-18)27-16-6-5-12-1-4-14(20(25)23-26)9-15(12)10-16/h5-8,10-11,13-14,26H,1-4,9H2,(H,23,25)(H,21,22,24). The van der Waals surface area contributed by atoms with Crippen molar-refractivity contribution in [2.75, 3.05) is 5.32 Å². The fraction of sp³-hybridized carbons (Fsp3) is 0.350. The number of fused-ring (bicyclic) bond motifs is 1. The molecule has 1 saturated carbocycles. The molecule has 140 valence electrons. The predicted octanol–water partition coefficient (Wildman–Crippen LogP) is 2.83. The molecule has 1 fully saturated rings. The molecule has 2 amide bonds. The van der Waals surface area contributed by atoms with Crippen molar-refractivity contribution < 1.29 is 19.5 Å². The summed E-state index contributed by atoms with van der Waals surface area (Å²) in [6.07, 6.45) is 5.54. The highest BCUT2D eigenvalue weighted by atomic mass is 16.5. The van der Waals surface area contributed by atoms with E-state index in [4.69, 9.17) is 9.94 Å². The number of carbonyl (C=O) groups excluding carboxylic acids is 2. The van der Waals surface area contributed by atoms with Gasteiger partial charge in [0.25, 0.3) is 0 Å². The van der Waals surface area contributed by atoms with Crippen LogP contribution < -0.4 is 15.5 Å². The SMILES string of the molecule is O=C(NO)C1CCc2ccc(Oc3ccnc(NC(=O)C4CC4)c3)cc2C1. The second-order valence-electron chi connectivity index (χ2n) is 7.09. The summed E-state index contributed by atoms with van der Waals surface area (Å²) in [5.74, 6) is 1.24. The molecule has 0 bridgehead atoms. The lowest BCUT2D eigenvalue weighted by molar-refractivity contribution is -0.133. The van der Waals surface area contributed by atoms with Crippen molar-refractivity contribution >= 4 is 17.6 Å². The van der Waals surface area contributed by atoms with Crippen LogP contribution in [0.1, 0.15) is 30.4 Å². The average Bonchev–Trinajstić information content (AvgIpc) is 3.52. The first-order chi connectivity index (χ1) is 13.1. The van der Waals surface area contributed by atoms with Gasteiger partial charge < -0.3 is 10.1 Å². The van der Waals surface area contributed by atoms with Crippen LogP contribution in [0, 0.1) is 11.8 Å². The molecule has 1 aromatic carbocycles. The molecule has 1 unspecified atom stereocenters. The van der Waals surface area contributed by atoms with Crippen LogP contribution in [0.4, 0.5) is 5.82 Å². The van der Waals surface area contributed by atoms with Crippen molar-refractivity contribution in [3.05, 3.63) is 47.7 Å². The van der Waals surface area contributed by atoms with Crippen LogP contribution in [-0.2, 0) is 22.4 Å². The number of benzene rings is 1. The Kier molecular flexibility index (Phi) is 4.77. The van der Waals surface area contributed by atoms with Gasteiger partial charge in [-0.3, -0.25) is 14.8 Å².